The molecule has 0 aliphatic carbocycles. The third-order valence-corrected chi connectivity index (χ3v) is 4.11. The van der Waals surface area contributed by atoms with Gasteiger partial charge < -0.3 is 14.3 Å². The first-order valence-electron chi connectivity index (χ1n) is 7.63. The van der Waals surface area contributed by atoms with Crippen LogP contribution in [0.25, 0.3) is 0 Å². The predicted octanol–water partition coefficient (Wildman–Crippen LogP) is 4.04. The summed E-state index contributed by atoms with van der Waals surface area (Å²) in [5, 5.41) is 9.95. The fourth-order valence-corrected chi connectivity index (χ4v) is 2.44. The van der Waals surface area contributed by atoms with Crippen LogP contribution in [0.1, 0.15) is 32.1 Å². The van der Waals surface area contributed by atoms with E-state index in [-0.39, 0.29) is 5.75 Å². The molecule has 2 aromatic rings. The number of nitrogens with zero attached hydrogens (tertiary/aromatic N) is 1. The number of hydrogen-bond donors (Lipinski definition) is 1. The highest BCUT2D eigenvalue weighted by Gasteiger charge is 2.19. The lowest BCUT2D eigenvalue weighted by Crippen LogP contribution is -2.35. The van der Waals surface area contributed by atoms with Gasteiger partial charge in [0.1, 0.15) is 5.76 Å². The summed E-state index contributed by atoms with van der Waals surface area (Å²) < 4.78 is 10.6. The van der Waals surface area contributed by atoms with Crippen molar-refractivity contribution < 1.29 is 14.3 Å². The van der Waals surface area contributed by atoms with Crippen LogP contribution in [0.2, 0.25) is 0 Å². The summed E-state index contributed by atoms with van der Waals surface area (Å²) in [7, 11) is 1.55. The molecule has 120 valence electrons. The summed E-state index contributed by atoms with van der Waals surface area (Å²) in [6, 6.07) is 9.85. The molecule has 22 heavy (non-hydrogen) atoms. The molecule has 1 aromatic heterocycles. The average Bonchev–Trinajstić information content (AvgIpc) is 2.99. The Morgan fingerprint density at radius 1 is 1.18 bits per heavy atom. The van der Waals surface area contributed by atoms with Gasteiger partial charge in [-0.25, -0.2) is 0 Å². The Kier molecular flexibility index (Phi) is 5.50. The minimum atomic E-state index is 0.176. The Hall–Kier alpha value is -1.94. The maximum absolute atomic E-state index is 9.95. The minimum Gasteiger partial charge on any atom is -0.504 e. The molecule has 4 heteroatoms. The normalized spacial score (nSPS) is 12.8. The number of methoxy groups -OCH3 is 1. The van der Waals surface area contributed by atoms with Crippen molar-refractivity contribution in [2.45, 2.75) is 39.9 Å². The molecule has 0 amide bonds. The van der Waals surface area contributed by atoms with Gasteiger partial charge in [0.2, 0.25) is 0 Å². The summed E-state index contributed by atoms with van der Waals surface area (Å²) in [4.78, 5) is 2.35. The first-order valence-corrected chi connectivity index (χ1v) is 7.63. The SMILES string of the molecule is COc1ccc(CN(Cc2ccco2)C(C)C(C)C)cc1O. The molecule has 0 radical (unpaired) electrons. The molecule has 1 unspecified atom stereocenters. The summed E-state index contributed by atoms with van der Waals surface area (Å²) in [5.74, 6) is 2.15. The van der Waals surface area contributed by atoms with Gasteiger partial charge in [-0.05, 0) is 42.7 Å². The van der Waals surface area contributed by atoms with E-state index in [0.29, 0.717) is 17.7 Å². The zero-order valence-corrected chi connectivity index (χ0v) is 13.7. The molecule has 1 atom stereocenters. The summed E-state index contributed by atoms with van der Waals surface area (Å²) >= 11 is 0. The van der Waals surface area contributed by atoms with Crippen molar-refractivity contribution in [1.29, 1.82) is 0 Å². The zero-order valence-electron chi connectivity index (χ0n) is 13.7. The Balaban J connectivity index is 2.16. The molecule has 0 aliphatic heterocycles. The summed E-state index contributed by atoms with van der Waals surface area (Å²) in [6.45, 7) is 8.14. The number of phenolic OH excluding ortho intramolecular Hbond substituents is 1. The van der Waals surface area contributed by atoms with Crippen LogP contribution in [0.15, 0.2) is 41.0 Å². The highest BCUT2D eigenvalue weighted by Crippen LogP contribution is 2.28. The van der Waals surface area contributed by atoms with Crippen LogP contribution in [0, 0.1) is 5.92 Å². The summed E-state index contributed by atoms with van der Waals surface area (Å²) in [5.41, 5.74) is 1.05. The molecule has 1 aromatic carbocycles. The van der Waals surface area contributed by atoms with Gasteiger partial charge in [0.15, 0.2) is 11.5 Å². The van der Waals surface area contributed by atoms with Crippen molar-refractivity contribution in [3.8, 4) is 11.5 Å². The molecular weight excluding hydrogens is 278 g/mol. The predicted molar refractivity (Wildman–Crippen MR) is 86.9 cm³/mol. The molecule has 1 N–H and O–H groups in total. The van der Waals surface area contributed by atoms with E-state index >= 15 is 0 Å². The second-order valence-electron chi connectivity index (χ2n) is 5.98. The Morgan fingerprint density at radius 3 is 2.50 bits per heavy atom. The van der Waals surface area contributed by atoms with Crippen LogP contribution < -0.4 is 4.74 Å². The molecule has 0 bridgehead atoms. The van der Waals surface area contributed by atoms with E-state index in [4.69, 9.17) is 9.15 Å². The molecule has 2 rings (SSSR count). The van der Waals surface area contributed by atoms with Gasteiger partial charge in [-0.1, -0.05) is 19.9 Å². The lowest BCUT2D eigenvalue weighted by atomic mass is 10.0. The van der Waals surface area contributed by atoms with E-state index < -0.39 is 0 Å². The molecule has 4 nitrogen and oxygen atoms in total. The number of benzene rings is 1. The topological polar surface area (TPSA) is 45.8 Å². The molecule has 0 fully saturated rings. The second kappa shape index (κ2) is 7.36. The fourth-order valence-electron chi connectivity index (χ4n) is 2.44. The Morgan fingerprint density at radius 2 is 1.95 bits per heavy atom. The van der Waals surface area contributed by atoms with E-state index in [1.54, 1.807) is 25.5 Å². The number of aromatic hydroxyl groups is 1. The number of furan rings is 1. The third-order valence-electron chi connectivity index (χ3n) is 4.11. The fraction of sp³-hybridized carbons (Fsp3) is 0.444. The smallest absolute Gasteiger partial charge is 0.160 e. The molecule has 0 saturated carbocycles. The maximum atomic E-state index is 9.95. The first kappa shape index (κ1) is 16.4. The zero-order chi connectivity index (χ0) is 16.1. The van der Waals surface area contributed by atoms with Gasteiger partial charge in [0.05, 0.1) is 19.9 Å². The van der Waals surface area contributed by atoms with Gasteiger partial charge in [0, 0.05) is 12.6 Å². The standard InChI is InChI=1S/C18H25NO3/c1-13(2)14(3)19(12-16-6-5-9-22-16)11-15-7-8-18(21-4)17(20)10-15/h5-10,13-14,20H,11-12H2,1-4H3. The van der Waals surface area contributed by atoms with Crippen molar-refractivity contribution in [2.24, 2.45) is 5.92 Å². The quantitative estimate of drug-likeness (QED) is 0.838. The molecular formula is C18H25NO3. The van der Waals surface area contributed by atoms with Gasteiger partial charge in [-0.15, -0.1) is 0 Å². The lowest BCUT2D eigenvalue weighted by Gasteiger charge is -2.31. The lowest BCUT2D eigenvalue weighted by molar-refractivity contribution is 0.140. The van der Waals surface area contributed by atoms with E-state index in [1.807, 2.05) is 18.2 Å². The molecule has 0 saturated heterocycles. The van der Waals surface area contributed by atoms with Crippen molar-refractivity contribution in [2.75, 3.05) is 7.11 Å². The number of ether oxygens (including phenoxy) is 1. The largest absolute Gasteiger partial charge is 0.504 e. The first-order chi connectivity index (χ1) is 10.5. The Labute approximate surface area is 132 Å². The highest BCUT2D eigenvalue weighted by atomic mass is 16.5. The second-order valence-corrected chi connectivity index (χ2v) is 5.98. The maximum Gasteiger partial charge on any atom is 0.160 e. The molecule has 0 spiro atoms. The van der Waals surface area contributed by atoms with Gasteiger partial charge in [0.25, 0.3) is 0 Å². The van der Waals surface area contributed by atoms with Crippen LogP contribution in [-0.4, -0.2) is 23.2 Å². The van der Waals surface area contributed by atoms with Crippen molar-refractivity contribution in [3.63, 3.8) is 0 Å². The minimum absolute atomic E-state index is 0.176. The van der Waals surface area contributed by atoms with E-state index in [2.05, 4.69) is 25.7 Å². The Bertz CT molecular complexity index is 578. The number of hydrogen-bond acceptors (Lipinski definition) is 4. The van der Waals surface area contributed by atoms with Gasteiger partial charge in [-0.3, -0.25) is 4.90 Å². The molecule has 1 heterocycles. The van der Waals surface area contributed by atoms with Crippen molar-refractivity contribution >= 4 is 0 Å². The van der Waals surface area contributed by atoms with Gasteiger partial charge >= 0.3 is 0 Å². The highest BCUT2D eigenvalue weighted by molar-refractivity contribution is 5.41. The van der Waals surface area contributed by atoms with Gasteiger partial charge in [-0.2, -0.15) is 0 Å². The summed E-state index contributed by atoms with van der Waals surface area (Å²) in [6.07, 6.45) is 1.70. The van der Waals surface area contributed by atoms with E-state index in [0.717, 1.165) is 24.4 Å². The molecule has 0 aliphatic rings. The number of rotatable bonds is 7. The van der Waals surface area contributed by atoms with Crippen molar-refractivity contribution in [1.82, 2.24) is 4.90 Å². The van der Waals surface area contributed by atoms with Crippen LogP contribution in [0.5, 0.6) is 11.5 Å². The van der Waals surface area contributed by atoms with E-state index in [1.165, 1.54) is 0 Å². The van der Waals surface area contributed by atoms with Crippen LogP contribution in [-0.2, 0) is 13.1 Å². The van der Waals surface area contributed by atoms with Crippen LogP contribution in [0.4, 0.5) is 0 Å². The van der Waals surface area contributed by atoms with E-state index in [9.17, 15) is 5.11 Å². The average molecular weight is 303 g/mol. The van der Waals surface area contributed by atoms with Crippen molar-refractivity contribution in [3.05, 3.63) is 47.9 Å². The third kappa shape index (κ3) is 4.04. The van der Waals surface area contributed by atoms with Crippen LogP contribution in [0.3, 0.4) is 0 Å². The van der Waals surface area contributed by atoms with Crippen LogP contribution >= 0.6 is 0 Å². The number of phenols is 1. The monoisotopic (exact) mass is 303 g/mol.